The van der Waals surface area contributed by atoms with Crippen molar-refractivity contribution in [3.05, 3.63) is 12.4 Å². The minimum absolute atomic E-state index is 1.19. The topological polar surface area (TPSA) is 62.2 Å². The number of nitrogens with zero attached hydrogens (tertiary/aromatic N) is 1. The van der Waals surface area contributed by atoms with Gasteiger partial charge in [-0.3, -0.25) is 0 Å². The van der Waals surface area contributed by atoms with Gasteiger partial charge in [0.05, 0.1) is 6.20 Å². The first kappa shape index (κ1) is 4.14. The Bertz CT molecular complexity index is 46.9. The number of hydrogen-bond acceptors (Lipinski definition) is 3. The Hall–Kier alpha value is -0.860. The molecule has 0 rings (SSSR count). The van der Waals surface area contributed by atoms with Gasteiger partial charge in [-0.05, 0) is 0 Å². The Morgan fingerprint density at radius 2 is 2.40 bits per heavy atom. The molecule has 0 aromatic carbocycles. The zero-order valence-electron chi connectivity index (χ0n) is 2.68. The second-order valence-electron chi connectivity index (χ2n) is 0.471. The smallest absolute Gasteiger partial charge is 0.0643 e. The monoisotopic (exact) mass is 71.0 g/mol. The second-order valence-corrected chi connectivity index (χ2v) is 0.471. The SMILES string of the molecule is N=N/C=C\N. The van der Waals surface area contributed by atoms with Crippen LogP contribution in [0.5, 0.6) is 0 Å². The Kier molecular flexibility index (Phi) is 2.60. The van der Waals surface area contributed by atoms with Crippen LogP contribution in [0, 0.1) is 5.53 Å². The summed E-state index contributed by atoms with van der Waals surface area (Å²) in [7, 11) is 0. The molecule has 0 aliphatic heterocycles. The summed E-state index contributed by atoms with van der Waals surface area (Å²) in [6.45, 7) is 0. The molecule has 0 saturated carbocycles. The molecule has 0 aliphatic rings. The maximum atomic E-state index is 6.06. The van der Waals surface area contributed by atoms with Crippen LogP contribution < -0.4 is 5.73 Å². The maximum Gasteiger partial charge on any atom is 0.0643 e. The van der Waals surface area contributed by atoms with Crippen molar-refractivity contribution < 1.29 is 0 Å². The minimum Gasteiger partial charge on any atom is -0.403 e. The van der Waals surface area contributed by atoms with E-state index in [0.29, 0.717) is 0 Å². The largest absolute Gasteiger partial charge is 0.403 e. The normalized spacial score (nSPS) is 8.80. The highest BCUT2D eigenvalue weighted by atomic mass is 14.9. The van der Waals surface area contributed by atoms with Crippen LogP contribution >= 0.6 is 0 Å². The Labute approximate surface area is 30.0 Å². The predicted molar refractivity (Wildman–Crippen MR) is 18.5 cm³/mol. The first-order valence-electron chi connectivity index (χ1n) is 1.15. The molecule has 0 fully saturated rings. The zero-order valence-corrected chi connectivity index (χ0v) is 2.68. The second kappa shape index (κ2) is 3.14. The van der Waals surface area contributed by atoms with Gasteiger partial charge < -0.3 is 5.73 Å². The summed E-state index contributed by atoms with van der Waals surface area (Å²) in [4.78, 5) is 0. The van der Waals surface area contributed by atoms with Crippen LogP contribution in [-0.2, 0) is 0 Å². The summed E-state index contributed by atoms with van der Waals surface area (Å²) in [5.74, 6) is 0. The van der Waals surface area contributed by atoms with E-state index in [0.717, 1.165) is 0 Å². The molecule has 0 aromatic rings. The third kappa shape index (κ3) is 3.14. The van der Waals surface area contributed by atoms with Crippen LogP contribution in [0.25, 0.3) is 0 Å². The summed E-state index contributed by atoms with van der Waals surface area (Å²) in [6, 6.07) is 0. The molecule has 3 nitrogen and oxygen atoms in total. The quantitative estimate of drug-likeness (QED) is 0.433. The van der Waals surface area contributed by atoms with Crippen molar-refractivity contribution in [3.63, 3.8) is 0 Å². The third-order valence-electron chi connectivity index (χ3n) is 0.161. The molecule has 0 unspecified atom stereocenters. The average molecular weight is 71.1 g/mol. The fraction of sp³-hybridized carbons (Fsp3) is 0. The van der Waals surface area contributed by atoms with E-state index in [4.69, 9.17) is 11.3 Å². The lowest BCUT2D eigenvalue weighted by Crippen LogP contribution is -1.70. The first-order valence-corrected chi connectivity index (χ1v) is 1.15. The number of nitrogens with two attached hydrogens (primary N) is 1. The molecule has 0 bridgehead atoms. The van der Waals surface area contributed by atoms with Crippen LogP contribution in [0.15, 0.2) is 17.5 Å². The lowest BCUT2D eigenvalue weighted by Gasteiger charge is -1.57. The standard InChI is InChI=1S/C2H5N3/c3-1-2-5-4/h1-2,4H,3H2/b2-1-,5-4?. The average Bonchev–Trinajstić information content (AvgIpc) is 1.41. The van der Waals surface area contributed by atoms with Crippen molar-refractivity contribution in [2.24, 2.45) is 10.8 Å². The van der Waals surface area contributed by atoms with Gasteiger partial charge in [0.2, 0.25) is 0 Å². The van der Waals surface area contributed by atoms with Crippen molar-refractivity contribution >= 4 is 0 Å². The van der Waals surface area contributed by atoms with E-state index in [-0.39, 0.29) is 0 Å². The number of nitrogens with one attached hydrogen (secondary N) is 1. The summed E-state index contributed by atoms with van der Waals surface area (Å²) in [6.07, 6.45) is 2.40. The fourth-order valence-electron chi connectivity index (χ4n) is 0.0430. The van der Waals surface area contributed by atoms with E-state index < -0.39 is 0 Å². The van der Waals surface area contributed by atoms with Gasteiger partial charge in [-0.2, -0.15) is 5.11 Å². The van der Waals surface area contributed by atoms with Crippen molar-refractivity contribution in [3.8, 4) is 0 Å². The van der Waals surface area contributed by atoms with Gasteiger partial charge in [0, 0.05) is 6.20 Å². The van der Waals surface area contributed by atoms with Gasteiger partial charge in [-0.1, -0.05) is 0 Å². The van der Waals surface area contributed by atoms with Gasteiger partial charge in [-0.15, -0.1) is 0 Å². The summed E-state index contributed by atoms with van der Waals surface area (Å²) in [5, 5.41) is 2.80. The number of hydrogen-bond donors (Lipinski definition) is 2. The summed E-state index contributed by atoms with van der Waals surface area (Å²) < 4.78 is 0. The van der Waals surface area contributed by atoms with Crippen molar-refractivity contribution in [2.45, 2.75) is 0 Å². The van der Waals surface area contributed by atoms with Crippen LogP contribution in [0.1, 0.15) is 0 Å². The molecular weight excluding hydrogens is 66.0 g/mol. The van der Waals surface area contributed by atoms with Crippen molar-refractivity contribution in [1.29, 1.82) is 5.53 Å². The van der Waals surface area contributed by atoms with Crippen LogP contribution in [0.4, 0.5) is 0 Å². The first-order chi connectivity index (χ1) is 2.41. The van der Waals surface area contributed by atoms with Gasteiger partial charge >= 0.3 is 0 Å². The molecule has 3 heteroatoms. The van der Waals surface area contributed by atoms with E-state index in [2.05, 4.69) is 5.11 Å². The molecule has 3 N–H and O–H groups in total. The van der Waals surface area contributed by atoms with E-state index in [1.807, 2.05) is 0 Å². The van der Waals surface area contributed by atoms with E-state index in [9.17, 15) is 0 Å². The van der Waals surface area contributed by atoms with Crippen LogP contribution in [0.3, 0.4) is 0 Å². The number of rotatable bonds is 1. The predicted octanol–water partition coefficient (Wildman–Crippen LogP) is 0.447. The van der Waals surface area contributed by atoms with Crippen LogP contribution in [0.2, 0.25) is 0 Å². The molecule has 0 radical (unpaired) electrons. The molecule has 0 amide bonds. The minimum atomic E-state index is 1.19. The van der Waals surface area contributed by atoms with Crippen molar-refractivity contribution in [1.82, 2.24) is 0 Å². The highest BCUT2D eigenvalue weighted by molar-refractivity contribution is 4.67. The molecule has 0 heterocycles. The molecule has 0 spiro atoms. The molecule has 0 aliphatic carbocycles. The Morgan fingerprint density at radius 3 is 2.40 bits per heavy atom. The Balaban J connectivity index is 2.92. The highest BCUT2D eigenvalue weighted by Crippen LogP contribution is 1.58. The van der Waals surface area contributed by atoms with E-state index in [1.165, 1.54) is 12.4 Å². The molecule has 0 saturated heterocycles. The summed E-state index contributed by atoms with van der Waals surface area (Å²) >= 11 is 0. The zero-order chi connectivity index (χ0) is 4.12. The van der Waals surface area contributed by atoms with E-state index >= 15 is 0 Å². The third-order valence-corrected chi connectivity index (χ3v) is 0.161. The van der Waals surface area contributed by atoms with Gasteiger partial charge in [0.25, 0.3) is 0 Å². The van der Waals surface area contributed by atoms with Gasteiger partial charge in [0.1, 0.15) is 0 Å². The van der Waals surface area contributed by atoms with Crippen LogP contribution in [-0.4, -0.2) is 0 Å². The molecular formula is C2H5N3. The van der Waals surface area contributed by atoms with Gasteiger partial charge in [-0.25, -0.2) is 5.53 Å². The van der Waals surface area contributed by atoms with E-state index in [1.54, 1.807) is 0 Å². The highest BCUT2D eigenvalue weighted by Gasteiger charge is 1.43. The lowest BCUT2D eigenvalue weighted by atomic mass is 11.0. The van der Waals surface area contributed by atoms with Gasteiger partial charge in [0.15, 0.2) is 0 Å². The molecule has 0 aromatic heterocycles. The maximum absolute atomic E-state index is 6.06. The fourth-order valence-corrected chi connectivity index (χ4v) is 0.0430. The van der Waals surface area contributed by atoms with Crippen molar-refractivity contribution in [2.75, 3.05) is 0 Å². The summed E-state index contributed by atoms with van der Waals surface area (Å²) in [5.41, 5.74) is 10.8. The Morgan fingerprint density at radius 1 is 1.80 bits per heavy atom. The molecule has 0 atom stereocenters. The molecule has 5 heavy (non-hydrogen) atoms. The lowest BCUT2D eigenvalue weighted by molar-refractivity contribution is 1.14. The molecule has 28 valence electrons.